The Morgan fingerprint density at radius 2 is 1.13 bits per heavy atom. The van der Waals surface area contributed by atoms with Gasteiger partial charge in [0.05, 0.1) is 21.4 Å². The van der Waals surface area contributed by atoms with Crippen molar-refractivity contribution in [3.05, 3.63) is 176 Å². The quantitative estimate of drug-likeness (QED) is 0.179. The van der Waals surface area contributed by atoms with Gasteiger partial charge in [-0.2, -0.15) is 0 Å². The van der Waals surface area contributed by atoms with Gasteiger partial charge in [0.2, 0.25) is 5.71 Å². The van der Waals surface area contributed by atoms with Gasteiger partial charge in [0.25, 0.3) is 0 Å². The maximum Gasteiger partial charge on any atom is 0.246 e. The van der Waals surface area contributed by atoms with E-state index in [1.807, 2.05) is 46.9 Å². The topological polar surface area (TPSA) is 43.9 Å². The normalized spacial score (nSPS) is 12.3. The molecule has 0 radical (unpaired) electrons. The fraction of sp³-hybridized carbons (Fsp3) is 0. The van der Waals surface area contributed by atoms with Crippen LogP contribution in [0.3, 0.4) is 0 Å². The number of fused-ring (bicyclic) bond motifs is 17. The first-order valence-electron chi connectivity index (χ1n) is 20.1. The van der Waals surface area contributed by atoms with Crippen molar-refractivity contribution in [2.75, 3.05) is 0 Å². The van der Waals surface area contributed by atoms with E-state index in [9.17, 15) is 0 Å². The van der Waals surface area contributed by atoms with E-state index in [1.165, 1.54) is 83.7 Å². The zero-order valence-corrected chi connectivity index (χ0v) is 33.4. The van der Waals surface area contributed by atoms with E-state index in [-0.39, 0.29) is 0 Å². The number of benzene rings is 9. The third-order valence-electron chi connectivity index (χ3n) is 12.3. The lowest BCUT2D eigenvalue weighted by Gasteiger charge is -2.15. The van der Waals surface area contributed by atoms with Crippen molar-refractivity contribution in [2.24, 2.45) is 0 Å². The Morgan fingerprint density at radius 1 is 0.450 bits per heavy atom. The maximum absolute atomic E-state index is 6.38. The average molecular weight is 800 g/mol. The van der Waals surface area contributed by atoms with Crippen LogP contribution in [0.4, 0.5) is 0 Å². The number of thiophene rings is 2. The molecule has 0 atom stereocenters. The summed E-state index contributed by atoms with van der Waals surface area (Å²) in [4.78, 5) is 10.9. The van der Waals surface area contributed by atoms with Crippen molar-refractivity contribution in [3.8, 4) is 28.2 Å². The highest BCUT2D eigenvalue weighted by Gasteiger charge is 2.26. The number of hydrogen-bond acceptors (Lipinski definition) is 5. The molecule has 0 unspecified atom stereocenters. The predicted octanol–water partition coefficient (Wildman–Crippen LogP) is 15.8. The second kappa shape index (κ2) is 12.1. The summed E-state index contributed by atoms with van der Waals surface area (Å²) in [5.74, 6) is 0. The van der Waals surface area contributed by atoms with Gasteiger partial charge in [-0.15, -0.1) is 22.7 Å². The van der Waals surface area contributed by atoms with Crippen LogP contribution in [0, 0.1) is 0 Å². The Morgan fingerprint density at radius 3 is 1.98 bits per heavy atom. The summed E-state index contributed by atoms with van der Waals surface area (Å²) in [6.07, 6.45) is 0. The highest BCUT2D eigenvalue weighted by Crippen LogP contribution is 2.50. The Hall–Kier alpha value is -7.38. The number of hydrogen-bond donors (Lipinski definition) is 0. The molecule has 0 spiro atoms. The summed E-state index contributed by atoms with van der Waals surface area (Å²) < 4.78 is 13.9. The molecule has 0 aliphatic heterocycles. The average Bonchev–Trinajstić information content (AvgIpc) is 4.06. The van der Waals surface area contributed by atoms with Crippen LogP contribution in [0.5, 0.6) is 0 Å². The first-order chi connectivity index (χ1) is 29.7. The molecule has 60 heavy (non-hydrogen) atoms. The molecule has 0 amide bonds. The fourth-order valence-electron chi connectivity index (χ4n) is 9.79. The van der Waals surface area contributed by atoms with Gasteiger partial charge in [-0.05, 0) is 70.1 Å². The number of aromatic nitrogens is 3. The van der Waals surface area contributed by atoms with Gasteiger partial charge in [0.15, 0.2) is 0 Å². The summed E-state index contributed by atoms with van der Waals surface area (Å²) in [5, 5.41) is 13.5. The Kier molecular flexibility index (Phi) is 6.56. The highest BCUT2D eigenvalue weighted by molar-refractivity contribution is 7.27. The van der Waals surface area contributed by atoms with Crippen LogP contribution in [0.15, 0.2) is 180 Å². The largest absolute Gasteiger partial charge is 0.436 e. The first kappa shape index (κ1) is 32.6. The molecule has 5 heterocycles. The van der Waals surface area contributed by atoms with E-state index in [4.69, 9.17) is 14.4 Å². The van der Waals surface area contributed by atoms with Gasteiger partial charge in [-0.3, -0.25) is 0 Å². The summed E-state index contributed by atoms with van der Waals surface area (Å²) in [5.41, 5.74) is 9.23. The standard InChI is InChI=1S/C54H29N3OS2/c1-2-14-30(15-3-1)49-50(55-51-37-21-9-12-24-42(37)58-54(51)56-49)40-28-33(29-45-46(40)38-22-10-13-25-43(38)59-45)57-41-23-11-8-20-36(41)47-34-18-6-7-19-35(34)48-39-26-31-16-4-5-17-32(31)27-44(39)60-53(48)52(47)57/h1-29H. The number of para-hydroxylation sites is 2. The van der Waals surface area contributed by atoms with E-state index in [1.54, 1.807) is 0 Å². The smallest absolute Gasteiger partial charge is 0.246 e. The molecule has 5 aromatic heterocycles. The summed E-state index contributed by atoms with van der Waals surface area (Å²) in [6.45, 7) is 0. The number of furan rings is 1. The molecule has 6 heteroatoms. The molecule has 4 nitrogen and oxygen atoms in total. The SMILES string of the molecule is c1ccc(-c2nc3oc4ccccc4c3nc2-c2cc(-n3c4ccccc4c4c5ccccc5c5c6cc7ccccc7cc6sc5c43)cc3sc4ccccc4c23)cc1. The van der Waals surface area contributed by atoms with Crippen molar-refractivity contribution >= 4 is 129 Å². The lowest BCUT2D eigenvalue weighted by atomic mass is 9.97. The van der Waals surface area contributed by atoms with Gasteiger partial charge in [0.1, 0.15) is 16.8 Å². The Labute approximate surface area is 349 Å². The molecule has 0 bridgehead atoms. The van der Waals surface area contributed by atoms with E-state index in [2.05, 4.69) is 156 Å². The zero-order chi connectivity index (χ0) is 39.1. The van der Waals surface area contributed by atoms with Gasteiger partial charge in [-0.1, -0.05) is 127 Å². The Balaban J connectivity index is 1.18. The van der Waals surface area contributed by atoms with Crippen LogP contribution in [0.1, 0.15) is 0 Å². The second-order valence-corrected chi connectivity index (χ2v) is 17.8. The van der Waals surface area contributed by atoms with Crippen LogP contribution < -0.4 is 0 Å². The Bertz CT molecular complexity index is 4130. The molecule has 0 saturated carbocycles. The first-order valence-corrected chi connectivity index (χ1v) is 21.8. The minimum atomic E-state index is 0.537. The molecule has 14 aromatic rings. The third kappa shape index (κ3) is 4.44. The molecule has 0 aliphatic carbocycles. The van der Waals surface area contributed by atoms with Crippen LogP contribution in [-0.2, 0) is 0 Å². The lowest BCUT2D eigenvalue weighted by molar-refractivity contribution is 0.653. The highest BCUT2D eigenvalue weighted by atomic mass is 32.1. The zero-order valence-electron chi connectivity index (χ0n) is 31.8. The van der Waals surface area contributed by atoms with Gasteiger partial charge in [0, 0.05) is 68.6 Å². The molecular weight excluding hydrogens is 771 g/mol. The summed E-state index contributed by atoms with van der Waals surface area (Å²) >= 11 is 3.74. The molecule has 0 fully saturated rings. The van der Waals surface area contributed by atoms with Crippen molar-refractivity contribution in [3.63, 3.8) is 0 Å². The minimum Gasteiger partial charge on any atom is -0.436 e. The van der Waals surface area contributed by atoms with E-state index in [0.717, 1.165) is 44.7 Å². The lowest BCUT2D eigenvalue weighted by Crippen LogP contribution is -1.98. The van der Waals surface area contributed by atoms with Gasteiger partial charge < -0.3 is 8.98 Å². The summed E-state index contributed by atoms with van der Waals surface area (Å²) in [6, 6.07) is 63.5. The molecule has 0 aliphatic rings. The van der Waals surface area contributed by atoms with Crippen molar-refractivity contribution in [1.82, 2.24) is 14.5 Å². The second-order valence-electron chi connectivity index (χ2n) is 15.6. The molecule has 9 aromatic carbocycles. The van der Waals surface area contributed by atoms with Crippen LogP contribution in [0.25, 0.3) is 134 Å². The monoisotopic (exact) mass is 799 g/mol. The maximum atomic E-state index is 6.38. The fourth-order valence-corrected chi connectivity index (χ4v) is 12.2. The molecule has 0 saturated heterocycles. The van der Waals surface area contributed by atoms with E-state index < -0.39 is 0 Å². The van der Waals surface area contributed by atoms with E-state index in [0.29, 0.717) is 5.71 Å². The number of nitrogens with zero attached hydrogens (tertiary/aromatic N) is 3. The van der Waals surface area contributed by atoms with Gasteiger partial charge >= 0.3 is 0 Å². The number of rotatable bonds is 3. The molecular formula is C54H29N3OS2. The summed E-state index contributed by atoms with van der Waals surface area (Å²) in [7, 11) is 0. The van der Waals surface area contributed by atoms with Crippen molar-refractivity contribution in [1.29, 1.82) is 0 Å². The molecule has 0 N–H and O–H groups in total. The van der Waals surface area contributed by atoms with Crippen LogP contribution in [0.2, 0.25) is 0 Å². The van der Waals surface area contributed by atoms with Crippen LogP contribution in [-0.4, -0.2) is 14.5 Å². The third-order valence-corrected chi connectivity index (χ3v) is 14.6. The van der Waals surface area contributed by atoms with Crippen molar-refractivity contribution < 1.29 is 4.42 Å². The van der Waals surface area contributed by atoms with Crippen LogP contribution >= 0.6 is 22.7 Å². The molecule has 278 valence electrons. The van der Waals surface area contributed by atoms with E-state index >= 15 is 0 Å². The van der Waals surface area contributed by atoms with Gasteiger partial charge in [-0.25, -0.2) is 9.97 Å². The minimum absolute atomic E-state index is 0.537. The predicted molar refractivity (Wildman–Crippen MR) is 255 cm³/mol. The van der Waals surface area contributed by atoms with Crippen molar-refractivity contribution in [2.45, 2.75) is 0 Å². The molecule has 14 rings (SSSR count).